The standard InChI is InChI=1S/C17H18ClN3O3/c18-16-6-19-7-17(20-16)24-11-13-9-21(10-13)8-12-1-2-14-15(5-12)23-4-3-22-14/h1-2,5-7,13H,3-4,8-11H2. The van der Waals surface area contributed by atoms with Gasteiger partial charge in [0.15, 0.2) is 16.7 Å². The Bertz CT molecular complexity index is 722. The van der Waals surface area contributed by atoms with E-state index in [0.29, 0.717) is 36.8 Å². The third-order valence-electron chi connectivity index (χ3n) is 4.10. The lowest BCUT2D eigenvalue weighted by Crippen LogP contribution is -2.48. The molecule has 1 saturated heterocycles. The summed E-state index contributed by atoms with van der Waals surface area (Å²) in [5.41, 5.74) is 1.24. The van der Waals surface area contributed by atoms with Crippen molar-refractivity contribution >= 4 is 11.6 Å². The lowest BCUT2D eigenvalue weighted by atomic mass is 10.0. The van der Waals surface area contributed by atoms with Gasteiger partial charge in [0.2, 0.25) is 5.88 Å². The minimum Gasteiger partial charge on any atom is -0.486 e. The number of hydrogen-bond acceptors (Lipinski definition) is 6. The van der Waals surface area contributed by atoms with E-state index >= 15 is 0 Å². The molecule has 6 nitrogen and oxygen atoms in total. The van der Waals surface area contributed by atoms with Gasteiger partial charge in [-0.1, -0.05) is 17.7 Å². The quantitative estimate of drug-likeness (QED) is 0.828. The Balaban J connectivity index is 1.24. The van der Waals surface area contributed by atoms with Gasteiger partial charge < -0.3 is 14.2 Å². The first-order chi connectivity index (χ1) is 11.8. The highest BCUT2D eigenvalue weighted by Gasteiger charge is 2.27. The summed E-state index contributed by atoms with van der Waals surface area (Å²) in [7, 11) is 0. The van der Waals surface area contributed by atoms with Crippen molar-refractivity contribution in [3.8, 4) is 17.4 Å². The zero-order valence-electron chi connectivity index (χ0n) is 13.2. The number of nitrogens with zero attached hydrogens (tertiary/aromatic N) is 3. The molecule has 1 fully saturated rings. The number of benzene rings is 1. The van der Waals surface area contributed by atoms with Crippen LogP contribution >= 0.6 is 11.6 Å². The van der Waals surface area contributed by atoms with Gasteiger partial charge in [-0.3, -0.25) is 9.88 Å². The van der Waals surface area contributed by atoms with Crippen LogP contribution in [0, 0.1) is 5.92 Å². The summed E-state index contributed by atoms with van der Waals surface area (Å²) >= 11 is 5.79. The van der Waals surface area contributed by atoms with E-state index < -0.39 is 0 Å². The van der Waals surface area contributed by atoms with Crippen molar-refractivity contribution in [1.82, 2.24) is 14.9 Å². The van der Waals surface area contributed by atoms with Gasteiger partial charge in [-0.2, -0.15) is 4.98 Å². The molecule has 0 amide bonds. The van der Waals surface area contributed by atoms with Gasteiger partial charge in [0.05, 0.1) is 19.0 Å². The van der Waals surface area contributed by atoms with Crippen molar-refractivity contribution in [2.75, 3.05) is 32.9 Å². The number of halogens is 1. The van der Waals surface area contributed by atoms with Crippen molar-refractivity contribution in [1.29, 1.82) is 0 Å². The largest absolute Gasteiger partial charge is 0.486 e. The van der Waals surface area contributed by atoms with Crippen LogP contribution in [0.25, 0.3) is 0 Å². The van der Waals surface area contributed by atoms with Gasteiger partial charge in [-0.05, 0) is 17.7 Å². The minimum absolute atomic E-state index is 0.348. The van der Waals surface area contributed by atoms with Crippen LogP contribution in [0.3, 0.4) is 0 Å². The molecule has 2 aliphatic rings. The molecule has 0 radical (unpaired) electrons. The molecule has 3 heterocycles. The molecule has 1 aromatic carbocycles. The predicted octanol–water partition coefficient (Wildman–Crippen LogP) is 2.41. The lowest BCUT2D eigenvalue weighted by Gasteiger charge is -2.39. The number of rotatable bonds is 5. The maximum absolute atomic E-state index is 5.79. The summed E-state index contributed by atoms with van der Waals surface area (Å²) in [6.07, 6.45) is 3.07. The van der Waals surface area contributed by atoms with Crippen LogP contribution in [-0.2, 0) is 6.54 Å². The van der Waals surface area contributed by atoms with Crippen LogP contribution in [0.1, 0.15) is 5.56 Å². The van der Waals surface area contributed by atoms with Gasteiger partial charge >= 0.3 is 0 Å². The second-order valence-electron chi connectivity index (χ2n) is 6.03. The summed E-state index contributed by atoms with van der Waals surface area (Å²) in [6.45, 7) is 4.78. The van der Waals surface area contributed by atoms with Crippen molar-refractivity contribution in [2.45, 2.75) is 6.54 Å². The van der Waals surface area contributed by atoms with Crippen LogP contribution in [0.5, 0.6) is 17.4 Å². The second-order valence-corrected chi connectivity index (χ2v) is 6.42. The Morgan fingerprint density at radius 2 is 2.00 bits per heavy atom. The summed E-state index contributed by atoms with van der Waals surface area (Å²) in [5.74, 6) is 2.66. The predicted molar refractivity (Wildman–Crippen MR) is 88.7 cm³/mol. The van der Waals surface area contributed by atoms with Crippen LogP contribution < -0.4 is 14.2 Å². The van der Waals surface area contributed by atoms with Crippen molar-refractivity contribution in [3.63, 3.8) is 0 Å². The van der Waals surface area contributed by atoms with Gasteiger partial charge in [0.25, 0.3) is 0 Å². The van der Waals surface area contributed by atoms with Crippen LogP contribution in [0.15, 0.2) is 30.6 Å². The third kappa shape index (κ3) is 3.55. The van der Waals surface area contributed by atoms with Crippen molar-refractivity contribution < 1.29 is 14.2 Å². The second kappa shape index (κ2) is 6.83. The molecule has 0 saturated carbocycles. The zero-order chi connectivity index (χ0) is 16.4. The monoisotopic (exact) mass is 347 g/mol. The molecule has 2 aliphatic heterocycles. The molecule has 0 unspecified atom stereocenters. The van der Waals surface area contributed by atoms with E-state index in [4.69, 9.17) is 25.8 Å². The fourth-order valence-corrected chi connectivity index (χ4v) is 3.09. The van der Waals surface area contributed by atoms with Crippen LogP contribution in [0.2, 0.25) is 5.15 Å². The molecule has 24 heavy (non-hydrogen) atoms. The molecule has 2 aromatic rings. The van der Waals surface area contributed by atoms with E-state index in [2.05, 4.69) is 27.0 Å². The van der Waals surface area contributed by atoms with Crippen molar-refractivity contribution in [3.05, 3.63) is 41.3 Å². The maximum atomic E-state index is 5.79. The van der Waals surface area contributed by atoms with Gasteiger partial charge in [0.1, 0.15) is 13.2 Å². The van der Waals surface area contributed by atoms with Gasteiger partial charge in [0, 0.05) is 25.6 Å². The molecule has 0 spiro atoms. The minimum atomic E-state index is 0.348. The Kier molecular flexibility index (Phi) is 4.40. The molecule has 4 rings (SSSR count). The summed E-state index contributed by atoms with van der Waals surface area (Å²) in [6, 6.07) is 6.15. The molecular formula is C17H18ClN3O3. The smallest absolute Gasteiger partial charge is 0.233 e. The molecular weight excluding hydrogens is 330 g/mol. The number of hydrogen-bond donors (Lipinski definition) is 0. The number of aromatic nitrogens is 2. The molecule has 7 heteroatoms. The first-order valence-electron chi connectivity index (χ1n) is 7.97. The Hall–Kier alpha value is -2.05. The van der Waals surface area contributed by atoms with Crippen LogP contribution in [0.4, 0.5) is 0 Å². The Morgan fingerprint density at radius 3 is 2.83 bits per heavy atom. The van der Waals surface area contributed by atoms with Gasteiger partial charge in [-0.25, -0.2) is 0 Å². The third-order valence-corrected chi connectivity index (χ3v) is 4.28. The number of ether oxygens (including phenoxy) is 3. The fraction of sp³-hybridized carbons (Fsp3) is 0.412. The highest BCUT2D eigenvalue weighted by molar-refractivity contribution is 6.29. The normalized spacial score (nSPS) is 17.4. The average molecular weight is 348 g/mol. The van der Waals surface area contributed by atoms with Crippen molar-refractivity contribution in [2.24, 2.45) is 5.92 Å². The summed E-state index contributed by atoms with van der Waals surface area (Å²) < 4.78 is 16.8. The van der Waals surface area contributed by atoms with E-state index in [1.165, 1.54) is 11.8 Å². The molecule has 0 bridgehead atoms. The average Bonchev–Trinajstić information content (AvgIpc) is 2.56. The fourth-order valence-electron chi connectivity index (χ4n) is 2.95. The number of fused-ring (bicyclic) bond motifs is 1. The first-order valence-corrected chi connectivity index (χ1v) is 8.35. The molecule has 0 aliphatic carbocycles. The van der Waals surface area contributed by atoms with Crippen LogP contribution in [-0.4, -0.2) is 47.8 Å². The van der Waals surface area contributed by atoms with E-state index in [0.717, 1.165) is 31.1 Å². The molecule has 126 valence electrons. The summed E-state index contributed by atoms with van der Waals surface area (Å²) in [4.78, 5) is 10.4. The Morgan fingerprint density at radius 1 is 1.17 bits per heavy atom. The first kappa shape index (κ1) is 15.5. The van der Waals surface area contributed by atoms with E-state index in [1.807, 2.05) is 6.07 Å². The zero-order valence-corrected chi connectivity index (χ0v) is 13.9. The van der Waals surface area contributed by atoms with Gasteiger partial charge in [-0.15, -0.1) is 0 Å². The summed E-state index contributed by atoms with van der Waals surface area (Å²) in [5, 5.41) is 0.348. The lowest BCUT2D eigenvalue weighted by molar-refractivity contribution is 0.0541. The van der Waals surface area contributed by atoms with E-state index in [-0.39, 0.29) is 0 Å². The number of likely N-dealkylation sites (tertiary alicyclic amines) is 1. The van der Waals surface area contributed by atoms with E-state index in [9.17, 15) is 0 Å². The molecule has 0 atom stereocenters. The highest BCUT2D eigenvalue weighted by Crippen LogP contribution is 2.31. The Labute approximate surface area is 145 Å². The SMILES string of the molecule is Clc1cncc(OCC2CN(Cc3ccc4c(c3)OCCO4)C2)n1. The highest BCUT2D eigenvalue weighted by atomic mass is 35.5. The molecule has 0 N–H and O–H groups in total. The molecule has 1 aromatic heterocycles. The maximum Gasteiger partial charge on any atom is 0.233 e. The van der Waals surface area contributed by atoms with E-state index in [1.54, 1.807) is 6.20 Å². The topological polar surface area (TPSA) is 56.7 Å².